The number of carbonyl (C=O) groups is 1. The van der Waals surface area contributed by atoms with E-state index in [0.29, 0.717) is 18.4 Å². The Labute approximate surface area is 166 Å². The van der Waals surface area contributed by atoms with Crippen LogP contribution in [0.5, 0.6) is 0 Å². The maximum Gasteiger partial charge on any atom is 0.319 e. The first-order valence-electron chi connectivity index (χ1n) is 10.7. The van der Waals surface area contributed by atoms with Crippen LogP contribution in [0.2, 0.25) is 0 Å². The molecule has 1 N–H and O–H groups in total. The molecule has 3 aliphatic heterocycles. The summed E-state index contributed by atoms with van der Waals surface area (Å²) in [7, 11) is 1.77. The molecule has 28 heavy (non-hydrogen) atoms. The van der Waals surface area contributed by atoms with Crippen LogP contribution >= 0.6 is 0 Å². The van der Waals surface area contributed by atoms with Gasteiger partial charge in [0.05, 0.1) is 6.61 Å². The number of aromatic nitrogens is 1. The van der Waals surface area contributed by atoms with E-state index >= 15 is 0 Å². The minimum Gasteiger partial charge on any atom is -0.465 e. The van der Waals surface area contributed by atoms with Crippen molar-refractivity contribution in [1.82, 2.24) is 9.88 Å². The molecule has 1 aliphatic carbocycles. The smallest absolute Gasteiger partial charge is 0.319 e. The van der Waals surface area contributed by atoms with Gasteiger partial charge in [-0.25, -0.2) is 0 Å². The number of rotatable bonds is 5. The lowest BCUT2D eigenvalue weighted by Crippen LogP contribution is -2.67. The number of fused-ring (bicyclic) bond motifs is 4. The van der Waals surface area contributed by atoms with Gasteiger partial charge in [0.1, 0.15) is 5.41 Å². The van der Waals surface area contributed by atoms with Crippen molar-refractivity contribution >= 4 is 16.9 Å². The van der Waals surface area contributed by atoms with E-state index in [0.717, 1.165) is 50.2 Å². The Morgan fingerprint density at radius 1 is 1.36 bits per heavy atom. The molecule has 4 unspecified atom stereocenters. The van der Waals surface area contributed by atoms with Gasteiger partial charge in [0.15, 0.2) is 0 Å². The highest BCUT2D eigenvalue weighted by atomic mass is 16.5. The average Bonchev–Trinajstić information content (AvgIpc) is 3.05. The average molecular weight is 383 g/mol. The lowest BCUT2D eigenvalue weighted by atomic mass is 9.56. The van der Waals surface area contributed by atoms with Crippen LogP contribution in [-0.2, 0) is 26.1 Å². The van der Waals surface area contributed by atoms with Gasteiger partial charge in [-0.1, -0.05) is 18.2 Å². The molecule has 5 nitrogen and oxygen atoms in total. The van der Waals surface area contributed by atoms with Crippen molar-refractivity contribution in [2.45, 2.75) is 44.1 Å². The second-order valence-corrected chi connectivity index (χ2v) is 8.75. The highest BCUT2D eigenvalue weighted by Gasteiger charge is 2.62. The van der Waals surface area contributed by atoms with E-state index in [-0.39, 0.29) is 12.0 Å². The first-order valence-corrected chi connectivity index (χ1v) is 10.7. The lowest BCUT2D eigenvalue weighted by Gasteiger charge is -2.58. The van der Waals surface area contributed by atoms with Gasteiger partial charge in [-0.3, -0.25) is 9.69 Å². The van der Waals surface area contributed by atoms with Crippen LogP contribution in [0.1, 0.15) is 37.4 Å². The van der Waals surface area contributed by atoms with Gasteiger partial charge in [-0.15, -0.1) is 0 Å². The van der Waals surface area contributed by atoms with Gasteiger partial charge >= 0.3 is 5.97 Å². The molecule has 0 radical (unpaired) electrons. The molecule has 4 aliphatic rings. The van der Waals surface area contributed by atoms with Gasteiger partial charge in [0.25, 0.3) is 0 Å². The zero-order chi connectivity index (χ0) is 19.3. The predicted octanol–water partition coefficient (Wildman–Crippen LogP) is 3.27. The second-order valence-electron chi connectivity index (χ2n) is 8.75. The fourth-order valence-corrected chi connectivity index (χ4v) is 6.50. The summed E-state index contributed by atoms with van der Waals surface area (Å²) >= 11 is 0. The molecule has 3 fully saturated rings. The minimum absolute atomic E-state index is 0.0356. The van der Waals surface area contributed by atoms with Crippen molar-refractivity contribution in [3.8, 4) is 0 Å². The van der Waals surface area contributed by atoms with Crippen molar-refractivity contribution in [2.24, 2.45) is 11.8 Å². The maximum atomic E-state index is 13.6. The number of aromatic amines is 1. The molecule has 6 rings (SSSR count). The van der Waals surface area contributed by atoms with Gasteiger partial charge in [-0.2, -0.15) is 0 Å². The number of benzene rings is 1. The Morgan fingerprint density at radius 2 is 2.21 bits per heavy atom. The van der Waals surface area contributed by atoms with E-state index in [2.05, 4.69) is 34.1 Å². The molecule has 150 valence electrons. The van der Waals surface area contributed by atoms with E-state index in [9.17, 15) is 4.79 Å². The molecule has 1 saturated carbocycles. The summed E-state index contributed by atoms with van der Waals surface area (Å²) in [6.07, 6.45) is 4.09. The minimum atomic E-state index is -0.583. The summed E-state index contributed by atoms with van der Waals surface area (Å²) in [6, 6.07) is 8.67. The van der Waals surface area contributed by atoms with Crippen molar-refractivity contribution in [1.29, 1.82) is 0 Å². The Hall–Kier alpha value is -1.85. The fourth-order valence-electron chi connectivity index (χ4n) is 6.50. The molecule has 4 heterocycles. The standard InChI is InChI=1S/C23H30N2O3/c1-3-28-22(26)23-13-15-12-16(9-11-27-2)21(23)25(14-15)10-8-18-17-6-4-5-7-19(17)24-20(18)23/h4-7,15-16,21,24H,3,8-14H2,1-2H3/t15-,16?,21?,23?/m0/s1. The third-order valence-electron chi connectivity index (χ3n) is 7.33. The third-order valence-corrected chi connectivity index (χ3v) is 7.33. The zero-order valence-electron chi connectivity index (χ0n) is 16.9. The van der Waals surface area contributed by atoms with Gasteiger partial charge < -0.3 is 14.5 Å². The van der Waals surface area contributed by atoms with Crippen LogP contribution in [-0.4, -0.2) is 55.3 Å². The Bertz CT molecular complexity index is 891. The van der Waals surface area contributed by atoms with Crippen LogP contribution < -0.4 is 0 Å². The largest absolute Gasteiger partial charge is 0.465 e. The number of piperidine rings is 2. The normalized spacial score (nSPS) is 33.5. The van der Waals surface area contributed by atoms with E-state index < -0.39 is 5.41 Å². The molecule has 5 heteroatoms. The second kappa shape index (κ2) is 6.89. The van der Waals surface area contributed by atoms with E-state index in [1.165, 1.54) is 17.4 Å². The zero-order valence-corrected chi connectivity index (χ0v) is 16.9. The summed E-state index contributed by atoms with van der Waals surface area (Å²) in [4.78, 5) is 19.9. The molecule has 1 aromatic carbocycles. The molecule has 5 atom stereocenters. The number of nitrogens with one attached hydrogen (secondary N) is 1. The SMILES string of the molecule is CCOC(=O)C12C[C@@H]3CC(CCOC)C1N(CCc1c2[nH]c2ccccc12)C3. The number of para-hydroxylation sites is 1. The summed E-state index contributed by atoms with van der Waals surface area (Å²) in [5, 5.41) is 1.26. The van der Waals surface area contributed by atoms with Crippen molar-refractivity contribution < 1.29 is 14.3 Å². The number of methoxy groups -OCH3 is 1. The molecule has 1 aromatic heterocycles. The first-order chi connectivity index (χ1) is 13.7. The highest BCUT2D eigenvalue weighted by molar-refractivity contribution is 5.91. The molecule has 0 amide bonds. The molecule has 4 bridgehead atoms. The number of ether oxygens (including phenoxy) is 2. The van der Waals surface area contributed by atoms with Crippen molar-refractivity contribution in [3.63, 3.8) is 0 Å². The maximum absolute atomic E-state index is 13.6. The van der Waals surface area contributed by atoms with Crippen molar-refractivity contribution in [2.75, 3.05) is 33.4 Å². The first kappa shape index (κ1) is 18.2. The van der Waals surface area contributed by atoms with Crippen molar-refractivity contribution in [3.05, 3.63) is 35.5 Å². The number of H-pyrrole nitrogens is 1. The molecule has 2 saturated heterocycles. The van der Waals surface area contributed by atoms with Crippen LogP contribution in [0.4, 0.5) is 0 Å². The predicted molar refractivity (Wildman–Crippen MR) is 108 cm³/mol. The summed E-state index contributed by atoms with van der Waals surface area (Å²) in [6.45, 7) is 5.22. The Balaban J connectivity index is 1.71. The Morgan fingerprint density at radius 3 is 3.04 bits per heavy atom. The number of nitrogens with zero attached hydrogens (tertiary/aromatic N) is 1. The lowest BCUT2D eigenvalue weighted by molar-refractivity contribution is -0.165. The van der Waals surface area contributed by atoms with Gasteiger partial charge in [0.2, 0.25) is 0 Å². The number of hydrogen-bond donors (Lipinski definition) is 1. The van der Waals surface area contributed by atoms with E-state index in [1.807, 2.05) is 6.92 Å². The molecule has 0 spiro atoms. The monoisotopic (exact) mass is 382 g/mol. The molecular weight excluding hydrogens is 352 g/mol. The number of esters is 1. The highest BCUT2D eigenvalue weighted by Crippen LogP contribution is 2.55. The van der Waals surface area contributed by atoms with Gasteiger partial charge in [0, 0.05) is 49.4 Å². The van der Waals surface area contributed by atoms with Crippen LogP contribution in [0.3, 0.4) is 0 Å². The van der Waals surface area contributed by atoms with Crippen LogP contribution in [0.25, 0.3) is 10.9 Å². The van der Waals surface area contributed by atoms with Gasteiger partial charge in [-0.05, 0) is 56.1 Å². The Kier molecular flexibility index (Phi) is 4.48. The third kappa shape index (κ3) is 2.49. The van der Waals surface area contributed by atoms with Crippen LogP contribution in [0, 0.1) is 11.8 Å². The summed E-state index contributed by atoms with van der Waals surface area (Å²) < 4.78 is 11.2. The summed E-state index contributed by atoms with van der Waals surface area (Å²) in [5.41, 5.74) is 3.01. The topological polar surface area (TPSA) is 54.6 Å². The van der Waals surface area contributed by atoms with E-state index in [1.54, 1.807) is 7.11 Å². The number of carbonyl (C=O) groups excluding carboxylic acids is 1. The summed E-state index contributed by atoms with van der Waals surface area (Å²) in [5.74, 6) is 0.967. The molecule has 2 aromatic rings. The number of hydrogen-bond acceptors (Lipinski definition) is 4. The fraction of sp³-hybridized carbons (Fsp3) is 0.609. The quantitative estimate of drug-likeness (QED) is 0.807. The molecular formula is C23H30N2O3. The van der Waals surface area contributed by atoms with Crippen LogP contribution in [0.15, 0.2) is 24.3 Å². The van der Waals surface area contributed by atoms with E-state index in [4.69, 9.17) is 9.47 Å².